The number of nitrogens with one attached hydrogen (secondary N) is 2. The summed E-state index contributed by atoms with van der Waals surface area (Å²) >= 11 is 0. The van der Waals surface area contributed by atoms with Crippen LogP contribution >= 0.6 is 24.0 Å². The standard InChI is InChI=1S/C20H26F3N5.HI/c1-4-24-19(27-14-16-6-5-12-25-18(16)28(2)3)26-13-11-15-7-9-17(10-8-15)20(21,22)23;/h5-10,12H,4,11,13-14H2,1-3H3,(H2,24,26,27);1H. The van der Waals surface area contributed by atoms with Gasteiger partial charge in [0.25, 0.3) is 0 Å². The largest absolute Gasteiger partial charge is 0.416 e. The monoisotopic (exact) mass is 521 g/mol. The Kier molecular flexibility index (Phi) is 10.2. The van der Waals surface area contributed by atoms with E-state index in [4.69, 9.17) is 0 Å². The molecule has 0 atom stereocenters. The zero-order chi connectivity index (χ0) is 20.6. The Labute approximate surface area is 186 Å². The van der Waals surface area contributed by atoms with Gasteiger partial charge in [0.05, 0.1) is 12.1 Å². The van der Waals surface area contributed by atoms with Gasteiger partial charge in [0.2, 0.25) is 0 Å². The van der Waals surface area contributed by atoms with E-state index >= 15 is 0 Å². The number of nitrogens with zero attached hydrogens (tertiary/aromatic N) is 3. The molecular weight excluding hydrogens is 494 g/mol. The zero-order valence-corrected chi connectivity index (χ0v) is 19.1. The first-order valence-electron chi connectivity index (χ1n) is 9.10. The van der Waals surface area contributed by atoms with Crippen molar-refractivity contribution in [3.63, 3.8) is 0 Å². The minimum Gasteiger partial charge on any atom is -0.362 e. The second kappa shape index (κ2) is 11.8. The lowest BCUT2D eigenvalue weighted by Crippen LogP contribution is -2.38. The van der Waals surface area contributed by atoms with E-state index in [-0.39, 0.29) is 24.0 Å². The molecule has 1 aromatic carbocycles. The van der Waals surface area contributed by atoms with Crippen LogP contribution in [-0.2, 0) is 19.1 Å². The van der Waals surface area contributed by atoms with Crippen LogP contribution in [0.2, 0.25) is 0 Å². The molecule has 0 saturated heterocycles. The molecule has 1 heterocycles. The van der Waals surface area contributed by atoms with Crippen LogP contribution in [0, 0.1) is 0 Å². The first kappa shape index (κ1) is 25.0. The van der Waals surface area contributed by atoms with Crippen molar-refractivity contribution in [3.8, 4) is 0 Å². The lowest BCUT2D eigenvalue weighted by Gasteiger charge is -2.16. The number of alkyl halides is 3. The summed E-state index contributed by atoms with van der Waals surface area (Å²) in [6.45, 7) is 3.71. The maximum atomic E-state index is 12.6. The summed E-state index contributed by atoms with van der Waals surface area (Å²) in [6, 6.07) is 9.10. The van der Waals surface area contributed by atoms with E-state index in [1.54, 1.807) is 6.20 Å². The van der Waals surface area contributed by atoms with E-state index in [1.807, 2.05) is 38.1 Å². The lowest BCUT2D eigenvalue weighted by molar-refractivity contribution is -0.137. The second-order valence-electron chi connectivity index (χ2n) is 6.45. The SMILES string of the molecule is CCNC(=NCc1cccnc1N(C)C)NCCc1ccc(C(F)(F)F)cc1.I. The molecule has 9 heteroatoms. The molecule has 0 aliphatic carbocycles. The number of hydrogen-bond donors (Lipinski definition) is 2. The molecule has 0 bridgehead atoms. The van der Waals surface area contributed by atoms with Crippen molar-refractivity contribution < 1.29 is 13.2 Å². The fourth-order valence-corrected chi connectivity index (χ4v) is 2.65. The van der Waals surface area contributed by atoms with Gasteiger partial charge in [-0.05, 0) is 37.1 Å². The summed E-state index contributed by atoms with van der Waals surface area (Å²) in [6.07, 6.45) is -1.96. The van der Waals surface area contributed by atoms with Gasteiger partial charge >= 0.3 is 6.18 Å². The van der Waals surface area contributed by atoms with Crippen molar-refractivity contribution in [1.29, 1.82) is 0 Å². The quantitative estimate of drug-likeness (QED) is 0.328. The lowest BCUT2D eigenvalue weighted by atomic mass is 10.1. The summed E-state index contributed by atoms with van der Waals surface area (Å²) in [5.74, 6) is 1.52. The van der Waals surface area contributed by atoms with Gasteiger partial charge in [-0.2, -0.15) is 13.2 Å². The third kappa shape index (κ3) is 8.08. The summed E-state index contributed by atoms with van der Waals surface area (Å²) in [7, 11) is 3.87. The molecule has 1 aromatic heterocycles. The van der Waals surface area contributed by atoms with E-state index in [9.17, 15) is 13.2 Å². The summed E-state index contributed by atoms with van der Waals surface area (Å²) < 4.78 is 37.9. The van der Waals surface area contributed by atoms with Crippen LogP contribution < -0.4 is 15.5 Å². The first-order chi connectivity index (χ1) is 13.3. The Balaban J connectivity index is 0.00000420. The van der Waals surface area contributed by atoms with Crippen LogP contribution in [0.1, 0.15) is 23.6 Å². The maximum Gasteiger partial charge on any atom is 0.416 e. The second-order valence-corrected chi connectivity index (χ2v) is 6.45. The van der Waals surface area contributed by atoms with Crippen LogP contribution in [0.5, 0.6) is 0 Å². The first-order valence-corrected chi connectivity index (χ1v) is 9.10. The highest BCUT2D eigenvalue weighted by Gasteiger charge is 2.29. The van der Waals surface area contributed by atoms with E-state index < -0.39 is 11.7 Å². The molecule has 0 radical (unpaired) electrons. The zero-order valence-electron chi connectivity index (χ0n) is 16.8. The molecule has 2 aromatic rings. The van der Waals surface area contributed by atoms with Crippen LogP contribution in [0.25, 0.3) is 0 Å². The predicted molar refractivity (Wildman–Crippen MR) is 122 cm³/mol. The van der Waals surface area contributed by atoms with E-state index in [2.05, 4.69) is 20.6 Å². The molecule has 0 amide bonds. The minimum atomic E-state index is -4.31. The number of halogens is 4. The van der Waals surface area contributed by atoms with Crippen LogP contribution in [0.15, 0.2) is 47.6 Å². The molecule has 0 fully saturated rings. The molecule has 5 nitrogen and oxygen atoms in total. The summed E-state index contributed by atoms with van der Waals surface area (Å²) in [4.78, 5) is 10.9. The van der Waals surface area contributed by atoms with Crippen LogP contribution in [0.4, 0.5) is 19.0 Å². The Morgan fingerprint density at radius 1 is 1.10 bits per heavy atom. The fraction of sp³-hybridized carbons (Fsp3) is 0.400. The Morgan fingerprint density at radius 3 is 2.38 bits per heavy atom. The summed E-state index contributed by atoms with van der Waals surface area (Å²) in [5, 5.41) is 6.39. The summed E-state index contributed by atoms with van der Waals surface area (Å²) in [5.41, 5.74) is 1.21. The number of pyridine rings is 1. The number of aliphatic imine (C=N–C) groups is 1. The highest BCUT2D eigenvalue weighted by Crippen LogP contribution is 2.29. The van der Waals surface area contributed by atoms with Crippen LogP contribution in [-0.4, -0.2) is 38.1 Å². The van der Waals surface area contributed by atoms with Gasteiger partial charge in [-0.15, -0.1) is 24.0 Å². The van der Waals surface area contributed by atoms with E-state index in [1.165, 1.54) is 12.1 Å². The van der Waals surface area contributed by atoms with E-state index in [0.717, 1.165) is 29.1 Å². The number of hydrogen-bond acceptors (Lipinski definition) is 3. The highest BCUT2D eigenvalue weighted by molar-refractivity contribution is 14.0. The number of aromatic nitrogens is 1. The van der Waals surface area contributed by atoms with Crippen molar-refractivity contribution in [2.24, 2.45) is 4.99 Å². The molecule has 2 rings (SSSR count). The van der Waals surface area contributed by atoms with Gasteiger partial charge in [0.15, 0.2) is 5.96 Å². The molecule has 29 heavy (non-hydrogen) atoms. The van der Waals surface area contributed by atoms with Gasteiger partial charge < -0.3 is 15.5 Å². The van der Waals surface area contributed by atoms with Crippen LogP contribution in [0.3, 0.4) is 0 Å². The average molecular weight is 521 g/mol. The van der Waals surface area contributed by atoms with Crippen molar-refractivity contribution in [2.75, 3.05) is 32.1 Å². The third-order valence-corrected chi connectivity index (χ3v) is 4.03. The maximum absolute atomic E-state index is 12.6. The highest BCUT2D eigenvalue weighted by atomic mass is 127. The molecule has 2 N–H and O–H groups in total. The van der Waals surface area contributed by atoms with Gasteiger partial charge in [0, 0.05) is 38.9 Å². The number of guanidine groups is 1. The normalized spacial score (nSPS) is 11.6. The van der Waals surface area contributed by atoms with Crippen molar-refractivity contribution in [1.82, 2.24) is 15.6 Å². The van der Waals surface area contributed by atoms with Gasteiger partial charge in [-0.25, -0.2) is 9.98 Å². The molecule has 0 aliphatic rings. The van der Waals surface area contributed by atoms with Gasteiger partial charge in [-0.3, -0.25) is 0 Å². The topological polar surface area (TPSA) is 52.6 Å². The minimum absolute atomic E-state index is 0. The predicted octanol–water partition coefficient (Wildman–Crippen LogP) is 4.08. The number of benzene rings is 1. The molecular formula is C20H27F3IN5. The van der Waals surface area contributed by atoms with Crippen molar-refractivity contribution in [3.05, 3.63) is 59.3 Å². The Morgan fingerprint density at radius 2 is 1.79 bits per heavy atom. The van der Waals surface area contributed by atoms with Gasteiger partial charge in [-0.1, -0.05) is 18.2 Å². The fourth-order valence-electron chi connectivity index (χ4n) is 2.65. The number of anilines is 1. The van der Waals surface area contributed by atoms with Crippen molar-refractivity contribution in [2.45, 2.75) is 26.1 Å². The molecule has 0 unspecified atom stereocenters. The molecule has 0 spiro atoms. The Bertz CT molecular complexity index is 776. The number of rotatable bonds is 7. The van der Waals surface area contributed by atoms with Crippen molar-refractivity contribution >= 4 is 35.8 Å². The third-order valence-electron chi connectivity index (χ3n) is 4.03. The van der Waals surface area contributed by atoms with E-state index in [0.29, 0.717) is 32.0 Å². The van der Waals surface area contributed by atoms with Gasteiger partial charge in [0.1, 0.15) is 5.82 Å². The smallest absolute Gasteiger partial charge is 0.362 e. The average Bonchev–Trinajstić information content (AvgIpc) is 2.66. The molecule has 0 aliphatic heterocycles. The Hall–Kier alpha value is -2.04. The molecule has 160 valence electrons. The molecule has 0 saturated carbocycles.